The van der Waals surface area contributed by atoms with Gasteiger partial charge in [0, 0.05) is 13.5 Å². The Morgan fingerprint density at radius 2 is 2.04 bits per heavy atom. The van der Waals surface area contributed by atoms with Crippen molar-refractivity contribution in [3.63, 3.8) is 0 Å². The van der Waals surface area contributed by atoms with Gasteiger partial charge in [0.25, 0.3) is 0 Å². The molecule has 0 atom stereocenters. The maximum absolute atomic E-state index is 11.9. The molecule has 0 aliphatic heterocycles. The van der Waals surface area contributed by atoms with Crippen molar-refractivity contribution in [1.29, 1.82) is 0 Å². The van der Waals surface area contributed by atoms with E-state index in [4.69, 9.17) is 9.26 Å². The fourth-order valence-corrected chi connectivity index (χ4v) is 1.99. The van der Waals surface area contributed by atoms with Crippen LogP contribution in [0.1, 0.15) is 11.7 Å². The number of ether oxygens (including phenoxy) is 1. The van der Waals surface area contributed by atoms with E-state index in [1.165, 1.54) is 4.80 Å². The highest BCUT2D eigenvalue weighted by Gasteiger charge is 2.10. The van der Waals surface area contributed by atoms with Crippen LogP contribution < -0.4 is 5.32 Å². The maximum Gasteiger partial charge on any atom is 0.246 e. The van der Waals surface area contributed by atoms with Gasteiger partial charge < -0.3 is 14.6 Å². The average Bonchev–Trinajstić information content (AvgIpc) is 3.16. The lowest BCUT2D eigenvalue weighted by atomic mass is 10.3. The summed E-state index contributed by atoms with van der Waals surface area (Å²) in [6, 6.07) is 7.43. The second-order valence-corrected chi connectivity index (χ2v) is 4.84. The molecule has 9 heteroatoms. The third-order valence-electron chi connectivity index (χ3n) is 3.09. The van der Waals surface area contributed by atoms with E-state index in [1.54, 1.807) is 7.11 Å². The molecule has 0 fully saturated rings. The number of methoxy groups -OCH3 is 1. The molecule has 1 aromatic carbocycles. The Morgan fingerprint density at radius 1 is 1.30 bits per heavy atom. The molecule has 1 N–H and O–H groups in total. The first kappa shape index (κ1) is 15.1. The van der Waals surface area contributed by atoms with Crippen LogP contribution in [0.5, 0.6) is 0 Å². The van der Waals surface area contributed by atoms with E-state index in [-0.39, 0.29) is 19.0 Å². The number of nitrogens with zero attached hydrogens (tertiary/aromatic N) is 5. The Hall–Kier alpha value is -2.81. The van der Waals surface area contributed by atoms with Gasteiger partial charge in [-0.2, -0.15) is 20.0 Å². The largest absolute Gasteiger partial charge is 0.384 e. The van der Waals surface area contributed by atoms with Crippen LogP contribution in [-0.2, 0) is 29.0 Å². The first-order valence-electron chi connectivity index (χ1n) is 7.11. The van der Waals surface area contributed by atoms with E-state index in [9.17, 15) is 4.79 Å². The van der Waals surface area contributed by atoms with Gasteiger partial charge in [0.2, 0.25) is 11.8 Å². The summed E-state index contributed by atoms with van der Waals surface area (Å²) in [4.78, 5) is 17.4. The van der Waals surface area contributed by atoms with Gasteiger partial charge in [-0.05, 0) is 12.1 Å². The van der Waals surface area contributed by atoms with Gasteiger partial charge in [0.15, 0.2) is 5.82 Å². The van der Waals surface area contributed by atoms with Gasteiger partial charge >= 0.3 is 0 Å². The summed E-state index contributed by atoms with van der Waals surface area (Å²) >= 11 is 0. The molecule has 0 aliphatic rings. The van der Waals surface area contributed by atoms with E-state index in [0.29, 0.717) is 24.7 Å². The molecule has 3 rings (SSSR count). The van der Waals surface area contributed by atoms with Crippen molar-refractivity contribution in [3.05, 3.63) is 36.0 Å². The molecule has 0 saturated carbocycles. The lowest BCUT2D eigenvalue weighted by molar-refractivity contribution is -0.122. The van der Waals surface area contributed by atoms with Crippen LogP contribution in [0.2, 0.25) is 0 Å². The fraction of sp³-hybridized carbons (Fsp3) is 0.357. The number of hydrogen-bond donors (Lipinski definition) is 1. The zero-order valence-electron chi connectivity index (χ0n) is 12.6. The van der Waals surface area contributed by atoms with Gasteiger partial charge in [-0.1, -0.05) is 17.3 Å². The topological polar surface area (TPSA) is 108 Å². The number of aromatic nitrogens is 5. The summed E-state index contributed by atoms with van der Waals surface area (Å²) in [5.74, 6) is 0.668. The summed E-state index contributed by atoms with van der Waals surface area (Å²) in [6.45, 7) is 0.711. The van der Waals surface area contributed by atoms with Crippen LogP contribution in [-0.4, -0.2) is 44.8 Å². The van der Waals surface area contributed by atoms with Crippen LogP contribution in [0, 0.1) is 0 Å². The van der Waals surface area contributed by atoms with Crippen molar-refractivity contribution in [2.24, 2.45) is 0 Å². The number of hydrogen-bond acceptors (Lipinski definition) is 7. The maximum atomic E-state index is 11.9. The summed E-state index contributed by atoms with van der Waals surface area (Å²) < 4.78 is 9.98. The first-order chi connectivity index (χ1) is 11.2. The number of carbonyl (C=O) groups excluding carboxylic acids is 1. The standard InChI is InChI=1S/C14H16N6O3/c1-22-7-6-12-16-14(23-19-12)8-15-13(21)9-20-17-10-4-2-3-5-11(10)18-20/h2-5H,6-9H2,1H3,(H,15,21). The van der Waals surface area contributed by atoms with Gasteiger partial charge in [-0.25, -0.2) is 0 Å². The molecule has 2 heterocycles. The Labute approximate surface area is 131 Å². The van der Waals surface area contributed by atoms with Gasteiger partial charge in [-0.15, -0.1) is 0 Å². The normalized spacial score (nSPS) is 11.0. The average molecular weight is 316 g/mol. The van der Waals surface area contributed by atoms with Crippen molar-refractivity contribution >= 4 is 16.9 Å². The zero-order valence-corrected chi connectivity index (χ0v) is 12.6. The Balaban J connectivity index is 1.52. The highest BCUT2D eigenvalue weighted by molar-refractivity contribution is 5.76. The highest BCUT2D eigenvalue weighted by Crippen LogP contribution is 2.06. The SMILES string of the molecule is COCCc1noc(CNC(=O)Cn2nc3ccccc3n2)n1. The van der Waals surface area contributed by atoms with Crippen LogP contribution in [0.15, 0.2) is 28.8 Å². The summed E-state index contributed by atoms with van der Waals surface area (Å²) in [6.07, 6.45) is 0.567. The van der Waals surface area contributed by atoms with Crippen molar-refractivity contribution < 1.29 is 14.1 Å². The van der Waals surface area contributed by atoms with Crippen molar-refractivity contribution in [3.8, 4) is 0 Å². The van der Waals surface area contributed by atoms with E-state index in [2.05, 4.69) is 25.7 Å². The molecule has 1 amide bonds. The monoisotopic (exact) mass is 316 g/mol. The summed E-state index contributed by atoms with van der Waals surface area (Å²) in [7, 11) is 1.61. The molecule has 0 unspecified atom stereocenters. The van der Waals surface area contributed by atoms with E-state index >= 15 is 0 Å². The summed E-state index contributed by atoms with van der Waals surface area (Å²) in [5, 5.41) is 14.9. The number of carbonyl (C=O) groups is 1. The van der Waals surface area contributed by atoms with Crippen LogP contribution >= 0.6 is 0 Å². The minimum absolute atomic E-state index is 0.0271. The predicted octanol–water partition coefficient (Wildman–Crippen LogP) is 0.320. The molecule has 23 heavy (non-hydrogen) atoms. The minimum Gasteiger partial charge on any atom is -0.384 e. The number of rotatable bonds is 7. The number of amides is 1. The lowest BCUT2D eigenvalue weighted by Crippen LogP contribution is -2.28. The number of benzene rings is 1. The molecule has 0 aliphatic carbocycles. The number of nitrogens with one attached hydrogen (secondary N) is 1. The highest BCUT2D eigenvalue weighted by atomic mass is 16.5. The quantitative estimate of drug-likeness (QED) is 0.668. The molecule has 9 nitrogen and oxygen atoms in total. The van der Waals surface area contributed by atoms with Crippen molar-refractivity contribution in [1.82, 2.24) is 30.5 Å². The smallest absolute Gasteiger partial charge is 0.246 e. The number of fused-ring (bicyclic) bond motifs is 1. The molecular weight excluding hydrogens is 300 g/mol. The zero-order chi connectivity index (χ0) is 16.1. The van der Waals surface area contributed by atoms with Gasteiger partial charge in [-0.3, -0.25) is 4.79 Å². The molecular formula is C14H16N6O3. The second kappa shape index (κ2) is 6.97. The first-order valence-corrected chi connectivity index (χ1v) is 7.11. The van der Waals surface area contributed by atoms with Gasteiger partial charge in [0.1, 0.15) is 17.6 Å². The third kappa shape index (κ3) is 3.89. The van der Waals surface area contributed by atoms with Crippen LogP contribution in [0.3, 0.4) is 0 Å². The Kier molecular flexibility index (Phi) is 4.57. The molecule has 0 bridgehead atoms. The van der Waals surface area contributed by atoms with Crippen molar-refractivity contribution in [2.75, 3.05) is 13.7 Å². The second-order valence-electron chi connectivity index (χ2n) is 4.84. The Morgan fingerprint density at radius 3 is 2.74 bits per heavy atom. The van der Waals surface area contributed by atoms with Crippen LogP contribution in [0.25, 0.3) is 11.0 Å². The Bertz CT molecular complexity index is 764. The van der Waals surface area contributed by atoms with E-state index < -0.39 is 0 Å². The third-order valence-corrected chi connectivity index (χ3v) is 3.09. The molecule has 3 aromatic rings. The molecule has 0 saturated heterocycles. The summed E-state index contributed by atoms with van der Waals surface area (Å²) in [5.41, 5.74) is 1.50. The molecule has 120 valence electrons. The molecule has 2 aromatic heterocycles. The van der Waals surface area contributed by atoms with E-state index in [1.807, 2.05) is 24.3 Å². The molecule has 0 spiro atoms. The lowest BCUT2D eigenvalue weighted by Gasteiger charge is -2.01. The molecule has 0 radical (unpaired) electrons. The predicted molar refractivity (Wildman–Crippen MR) is 79.3 cm³/mol. The van der Waals surface area contributed by atoms with E-state index in [0.717, 1.165) is 11.0 Å². The minimum atomic E-state index is -0.234. The van der Waals surface area contributed by atoms with Gasteiger partial charge in [0.05, 0.1) is 13.2 Å². The van der Waals surface area contributed by atoms with Crippen molar-refractivity contribution in [2.45, 2.75) is 19.5 Å². The fourth-order valence-electron chi connectivity index (χ4n) is 1.99. The van der Waals surface area contributed by atoms with Crippen LogP contribution in [0.4, 0.5) is 0 Å².